The van der Waals surface area contributed by atoms with Crippen molar-refractivity contribution >= 4 is 56.5 Å². The summed E-state index contributed by atoms with van der Waals surface area (Å²) in [7, 11) is 0. The lowest BCUT2D eigenvalue weighted by Gasteiger charge is -2.34. The van der Waals surface area contributed by atoms with Crippen LogP contribution in [0.2, 0.25) is 0 Å². The number of aryl methyl sites for hydroxylation is 1. The Hall–Kier alpha value is -2.58. The maximum absolute atomic E-state index is 15.7. The molecule has 0 N–H and O–H groups in total. The number of nitriles is 1. The van der Waals surface area contributed by atoms with E-state index in [2.05, 4.69) is 27.0 Å². The average Bonchev–Trinajstić information content (AvgIpc) is 3.36. The monoisotopic (exact) mass is 652 g/mol. The Morgan fingerprint density at radius 2 is 1.83 bits per heavy atom. The predicted octanol–water partition coefficient (Wildman–Crippen LogP) is 8.40. The van der Waals surface area contributed by atoms with Crippen LogP contribution in [0.25, 0.3) is 10.9 Å². The summed E-state index contributed by atoms with van der Waals surface area (Å²) < 4.78 is 27.4. The number of carbonyl (C=O) groups excluding carboxylic acids is 2. The van der Waals surface area contributed by atoms with Crippen molar-refractivity contribution in [3.63, 3.8) is 0 Å². The Bertz CT molecular complexity index is 1320. The molecule has 2 aromatic rings. The number of hydrogen-bond acceptors (Lipinski definition) is 7. The molecule has 1 atom stereocenters. The van der Waals surface area contributed by atoms with E-state index in [4.69, 9.17) is 14.7 Å². The van der Waals surface area contributed by atoms with Crippen LogP contribution >= 0.6 is 27.7 Å². The molecule has 0 spiro atoms. The first-order valence-corrected chi connectivity index (χ1v) is 15.8. The number of amides is 2. The summed E-state index contributed by atoms with van der Waals surface area (Å²) in [5.74, 6) is -0.553. The van der Waals surface area contributed by atoms with Gasteiger partial charge in [-0.25, -0.2) is 19.0 Å². The van der Waals surface area contributed by atoms with E-state index in [0.717, 1.165) is 0 Å². The lowest BCUT2D eigenvalue weighted by Crippen LogP contribution is -2.46. The summed E-state index contributed by atoms with van der Waals surface area (Å²) in [5, 5.41) is 10.2. The summed E-state index contributed by atoms with van der Waals surface area (Å²) >= 11 is 4.70. The first-order valence-electron chi connectivity index (χ1n) is 13.8. The number of fused-ring (bicyclic) bond motifs is 1. The van der Waals surface area contributed by atoms with Crippen molar-refractivity contribution < 1.29 is 23.5 Å². The standard InChI is InChI=1S/C28H36BrFN4O4S.C2H6/c1-16-23(19-14-17(10-9-12-31)20(29)21(30)22(19)32-24(16)39-8)34(26(36)38-28(5,6)7)18-11-13-33(15-18)25(35)37-27(2,3)4;1-2/h14,18H,9-11,13,15H2,1-8H3;1-2H3. The van der Waals surface area contributed by atoms with Gasteiger partial charge in [-0.05, 0) is 95.1 Å². The number of aromatic nitrogens is 1. The van der Waals surface area contributed by atoms with Crippen LogP contribution in [0.3, 0.4) is 0 Å². The fourth-order valence-electron chi connectivity index (χ4n) is 4.51. The molecule has 11 heteroatoms. The van der Waals surface area contributed by atoms with E-state index in [1.807, 2.05) is 27.0 Å². The van der Waals surface area contributed by atoms with Crippen molar-refractivity contribution in [1.29, 1.82) is 5.26 Å². The number of likely N-dealkylation sites (tertiary alicyclic amines) is 1. The van der Waals surface area contributed by atoms with Crippen molar-refractivity contribution in [2.24, 2.45) is 0 Å². The van der Waals surface area contributed by atoms with Crippen LogP contribution in [0.4, 0.5) is 19.7 Å². The quantitative estimate of drug-likeness (QED) is 0.299. The molecule has 2 amide bonds. The molecule has 2 heterocycles. The second-order valence-corrected chi connectivity index (χ2v) is 13.1. The molecule has 1 aliphatic heterocycles. The Labute approximate surface area is 256 Å². The van der Waals surface area contributed by atoms with Crippen LogP contribution in [0.15, 0.2) is 15.6 Å². The highest BCUT2D eigenvalue weighted by molar-refractivity contribution is 9.10. The minimum Gasteiger partial charge on any atom is -0.444 e. The molecule has 0 radical (unpaired) electrons. The summed E-state index contributed by atoms with van der Waals surface area (Å²) in [5.41, 5.74) is 0.457. The van der Waals surface area contributed by atoms with E-state index in [0.29, 0.717) is 46.6 Å². The molecule has 41 heavy (non-hydrogen) atoms. The molecular weight excluding hydrogens is 611 g/mol. The van der Waals surface area contributed by atoms with Crippen LogP contribution in [-0.4, -0.2) is 58.7 Å². The van der Waals surface area contributed by atoms with Crippen molar-refractivity contribution in [3.05, 3.63) is 27.5 Å². The third-order valence-corrected chi connectivity index (χ3v) is 7.75. The van der Waals surface area contributed by atoms with Gasteiger partial charge in [-0.3, -0.25) is 4.90 Å². The number of anilines is 1. The largest absolute Gasteiger partial charge is 0.444 e. The SMILES string of the molecule is CC.CSc1nc2c(F)c(Br)c(CCC#N)cc2c(N(C(=O)OC(C)(C)C)C2CCN(C(=O)OC(C)(C)C)C2)c1C. The first-order chi connectivity index (χ1) is 19.1. The molecule has 226 valence electrons. The number of benzene rings is 1. The third kappa shape index (κ3) is 8.48. The third-order valence-electron chi connectivity index (χ3n) is 6.11. The topological polar surface area (TPSA) is 95.8 Å². The van der Waals surface area contributed by atoms with Gasteiger partial charge in [-0.2, -0.15) is 5.26 Å². The van der Waals surface area contributed by atoms with Gasteiger partial charge >= 0.3 is 12.2 Å². The molecular formula is C30H42BrFN4O4S. The zero-order valence-corrected chi connectivity index (χ0v) is 28.2. The molecule has 1 unspecified atom stereocenters. The first kappa shape index (κ1) is 34.6. The van der Waals surface area contributed by atoms with Gasteiger partial charge in [-0.15, -0.1) is 11.8 Å². The molecule has 8 nitrogen and oxygen atoms in total. The number of pyridine rings is 1. The summed E-state index contributed by atoms with van der Waals surface area (Å²) in [6.45, 7) is 17.2. The molecule has 0 saturated carbocycles. The Morgan fingerprint density at radius 1 is 1.22 bits per heavy atom. The Morgan fingerprint density at radius 3 is 2.37 bits per heavy atom. The number of carbonyl (C=O) groups is 2. The summed E-state index contributed by atoms with van der Waals surface area (Å²) in [4.78, 5) is 34.4. The predicted molar refractivity (Wildman–Crippen MR) is 166 cm³/mol. The number of ether oxygens (including phenoxy) is 2. The highest BCUT2D eigenvalue weighted by atomic mass is 79.9. The molecule has 0 aliphatic carbocycles. The van der Waals surface area contributed by atoms with Gasteiger partial charge < -0.3 is 14.4 Å². The van der Waals surface area contributed by atoms with E-state index in [-0.39, 0.29) is 23.0 Å². The number of hydrogen-bond donors (Lipinski definition) is 0. The number of thioether (sulfide) groups is 1. The van der Waals surface area contributed by atoms with Crippen LogP contribution in [0.5, 0.6) is 0 Å². The maximum atomic E-state index is 15.7. The number of nitrogens with zero attached hydrogens (tertiary/aromatic N) is 4. The lowest BCUT2D eigenvalue weighted by molar-refractivity contribution is 0.0287. The average molecular weight is 654 g/mol. The second-order valence-electron chi connectivity index (χ2n) is 11.5. The Kier molecular flexibility index (Phi) is 11.9. The molecule has 1 fully saturated rings. The van der Waals surface area contributed by atoms with Gasteiger partial charge in [0.05, 0.1) is 22.3 Å². The van der Waals surface area contributed by atoms with E-state index in [1.165, 1.54) is 11.8 Å². The fourth-order valence-corrected chi connectivity index (χ4v) is 5.59. The zero-order chi connectivity index (χ0) is 31.3. The van der Waals surface area contributed by atoms with Gasteiger partial charge in [0.15, 0.2) is 5.82 Å². The van der Waals surface area contributed by atoms with E-state index >= 15 is 4.39 Å². The molecule has 1 aromatic carbocycles. The van der Waals surface area contributed by atoms with Crippen molar-refractivity contribution in [3.8, 4) is 6.07 Å². The van der Waals surface area contributed by atoms with Crippen molar-refractivity contribution in [1.82, 2.24) is 9.88 Å². The highest BCUT2D eigenvalue weighted by Crippen LogP contribution is 2.41. The lowest BCUT2D eigenvalue weighted by atomic mass is 10.0. The normalized spacial score (nSPS) is 15.2. The number of halogens is 2. The van der Waals surface area contributed by atoms with Crippen LogP contribution < -0.4 is 4.90 Å². The zero-order valence-electron chi connectivity index (χ0n) is 25.8. The van der Waals surface area contributed by atoms with Crippen molar-refractivity contribution in [2.45, 2.75) is 104 Å². The Balaban J connectivity index is 0.00000287. The van der Waals surface area contributed by atoms with Gasteiger partial charge in [0, 0.05) is 30.5 Å². The van der Waals surface area contributed by atoms with Gasteiger partial charge in [-0.1, -0.05) is 13.8 Å². The minimum atomic E-state index is -0.788. The summed E-state index contributed by atoms with van der Waals surface area (Å²) in [6, 6.07) is 3.45. The van der Waals surface area contributed by atoms with E-state index < -0.39 is 35.2 Å². The van der Waals surface area contributed by atoms with Crippen molar-refractivity contribution in [2.75, 3.05) is 24.2 Å². The molecule has 1 saturated heterocycles. The van der Waals surface area contributed by atoms with Gasteiger partial charge in [0.1, 0.15) is 21.7 Å². The smallest absolute Gasteiger partial charge is 0.415 e. The van der Waals surface area contributed by atoms with Crippen LogP contribution in [0, 0.1) is 24.1 Å². The maximum Gasteiger partial charge on any atom is 0.415 e. The summed E-state index contributed by atoms with van der Waals surface area (Å²) in [6.07, 6.45) is 1.81. The molecule has 3 rings (SSSR count). The van der Waals surface area contributed by atoms with E-state index in [1.54, 1.807) is 57.4 Å². The molecule has 1 aromatic heterocycles. The highest BCUT2D eigenvalue weighted by Gasteiger charge is 2.39. The molecule has 1 aliphatic rings. The molecule has 0 bridgehead atoms. The van der Waals surface area contributed by atoms with E-state index in [9.17, 15) is 9.59 Å². The fraction of sp³-hybridized carbons (Fsp3) is 0.600. The van der Waals surface area contributed by atoms with Crippen LogP contribution in [0.1, 0.15) is 79.4 Å². The van der Waals surface area contributed by atoms with Gasteiger partial charge in [0.2, 0.25) is 0 Å². The second kappa shape index (κ2) is 14.1. The van der Waals surface area contributed by atoms with Gasteiger partial charge in [0.25, 0.3) is 0 Å². The van der Waals surface area contributed by atoms with Crippen LogP contribution in [-0.2, 0) is 15.9 Å². The number of rotatable bonds is 5. The minimum absolute atomic E-state index is 0.114.